The summed E-state index contributed by atoms with van der Waals surface area (Å²) in [6.45, 7) is 1.38. The van der Waals surface area contributed by atoms with Crippen molar-refractivity contribution in [1.29, 1.82) is 0 Å². The van der Waals surface area contributed by atoms with Crippen LogP contribution in [0.3, 0.4) is 0 Å². The Morgan fingerprint density at radius 1 is 1.35 bits per heavy atom. The molecule has 0 fully saturated rings. The normalized spacial score (nSPS) is 10.2. The molecule has 2 aromatic rings. The van der Waals surface area contributed by atoms with E-state index in [9.17, 15) is 9.59 Å². The quantitative estimate of drug-likeness (QED) is 0.780. The molecule has 6 heteroatoms. The molecule has 2 heterocycles. The number of Topliss-reactive ketones (excluding diaryl/α,β-unsaturated/α-hetero) is 1. The van der Waals surface area contributed by atoms with Crippen LogP contribution in [-0.2, 0) is 0 Å². The second-order valence-electron chi connectivity index (χ2n) is 3.44. The molecule has 0 aliphatic heterocycles. The Bertz CT molecular complexity index is 575. The van der Waals surface area contributed by atoms with Gasteiger partial charge in [0.1, 0.15) is 11.4 Å². The molecule has 0 radical (unpaired) electrons. The lowest BCUT2D eigenvalue weighted by molar-refractivity contribution is 0.0995. The van der Waals surface area contributed by atoms with Crippen molar-refractivity contribution >= 4 is 11.7 Å². The number of ketones is 1. The molecule has 6 nitrogen and oxygen atoms in total. The number of amides is 1. The van der Waals surface area contributed by atoms with Crippen LogP contribution >= 0.6 is 0 Å². The second-order valence-corrected chi connectivity index (χ2v) is 3.44. The molecule has 0 atom stereocenters. The van der Waals surface area contributed by atoms with Crippen LogP contribution in [0.5, 0.6) is 0 Å². The molecule has 86 valence electrons. The van der Waals surface area contributed by atoms with Gasteiger partial charge in [-0.3, -0.25) is 9.59 Å². The first-order chi connectivity index (χ1) is 8.09. The summed E-state index contributed by atoms with van der Waals surface area (Å²) >= 11 is 0. The molecule has 0 unspecified atom stereocenters. The summed E-state index contributed by atoms with van der Waals surface area (Å²) in [4.78, 5) is 26.4. The maximum absolute atomic E-state index is 11.5. The van der Waals surface area contributed by atoms with Gasteiger partial charge in [-0.2, -0.15) is 5.10 Å². The third-order valence-corrected chi connectivity index (χ3v) is 2.21. The smallest absolute Gasteiger partial charge is 0.267 e. The van der Waals surface area contributed by atoms with E-state index >= 15 is 0 Å². The number of rotatable bonds is 3. The van der Waals surface area contributed by atoms with Gasteiger partial charge in [0.15, 0.2) is 5.78 Å². The van der Waals surface area contributed by atoms with Gasteiger partial charge in [-0.1, -0.05) is 0 Å². The van der Waals surface area contributed by atoms with Gasteiger partial charge in [-0.05, 0) is 18.2 Å². The first-order valence-electron chi connectivity index (χ1n) is 4.91. The zero-order valence-electron chi connectivity index (χ0n) is 9.12. The average Bonchev–Trinajstić information content (AvgIpc) is 2.81. The summed E-state index contributed by atoms with van der Waals surface area (Å²) in [7, 11) is 0. The molecule has 2 N–H and O–H groups in total. The summed E-state index contributed by atoms with van der Waals surface area (Å²) in [6.07, 6.45) is 3.28. The average molecular weight is 230 g/mol. The Hall–Kier alpha value is -2.50. The molecule has 17 heavy (non-hydrogen) atoms. The predicted molar refractivity (Wildman–Crippen MR) is 59.9 cm³/mol. The lowest BCUT2D eigenvalue weighted by Crippen LogP contribution is -2.16. The van der Waals surface area contributed by atoms with E-state index in [2.05, 4.69) is 10.1 Å². The molecule has 2 aromatic heterocycles. The Morgan fingerprint density at radius 3 is 2.65 bits per heavy atom. The van der Waals surface area contributed by atoms with E-state index in [1.807, 2.05) is 0 Å². The summed E-state index contributed by atoms with van der Waals surface area (Å²) in [5, 5.41) is 4.01. The Labute approximate surface area is 97.1 Å². The largest absolute Gasteiger partial charge is 0.364 e. The predicted octanol–water partition coefficient (Wildman–Crippen LogP) is 0.569. The van der Waals surface area contributed by atoms with Gasteiger partial charge < -0.3 is 5.73 Å². The van der Waals surface area contributed by atoms with Gasteiger partial charge in [0, 0.05) is 19.3 Å². The van der Waals surface area contributed by atoms with Gasteiger partial charge in [-0.25, -0.2) is 9.67 Å². The van der Waals surface area contributed by atoms with E-state index in [4.69, 9.17) is 5.73 Å². The highest BCUT2D eigenvalue weighted by Gasteiger charge is 2.14. The lowest BCUT2D eigenvalue weighted by atomic mass is 10.2. The monoisotopic (exact) mass is 230 g/mol. The van der Waals surface area contributed by atoms with Crippen molar-refractivity contribution in [3.05, 3.63) is 42.0 Å². The van der Waals surface area contributed by atoms with Gasteiger partial charge in [0.2, 0.25) is 0 Å². The molecule has 0 spiro atoms. The van der Waals surface area contributed by atoms with E-state index in [0.717, 1.165) is 0 Å². The molecule has 0 aliphatic rings. The summed E-state index contributed by atoms with van der Waals surface area (Å²) < 4.78 is 1.51. The Balaban J connectivity index is 2.61. The van der Waals surface area contributed by atoms with Crippen molar-refractivity contribution in [2.75, 3.05) is 0 Å². The third kappa shape index (κ3) is 2.05. The lowest BCUT2D eigenvalue weighted by Gasteiger charge is -2.07. The topological polar surface area (TPSA) is 90.9 Å². The fourth-order valence-corrected chi connectivity index (χ4v) is 1.44. The van der Waals surface area contributed by atoms with Gasteiger partial charge in [0.25, 0.3) is 5.91 Å². The second kappa shape index (κ2) is 4.17. The first-order valence-corrected chi connectivity index (χ1v) is 4.91. The van der Waals surface area contributed by atoms with E-state index in [1.54, 1.807) is 24.5 Å². The van der Waals surface area contributed by atoms with Crippen LogP contribution in [0.15, 0.2) is 30.6 Å². The van der Waals surface area contributed by atoms with Crippen LogP contribution in [-0.4, -0.2) is 26.5 Å². The van der Waals surface area contributed by atoms with Crippen LogP contribution in [0.4, 0.5) is 0 Å². The fraction of sp³-hybridized carbons (Fsp3) is 0.0909. The van der Waals surface area contributed by atoms with E-state index in [0.29, 0.717) is 5.69 Å². The van der Waals surface area contributed by atoms with Crippen molar-refractivity contribution in [3.63, 3.8) is 0 Å². The Morgan fingerprint density at radius 2 is 2.12 bits per heavy atom. The number of hydrogen-bond donors (Lipinski definition) is 1. The highest BCUT2D eigenvalue weighted by Crippen LogP contribution is 2.13. The number of carbonyl (C=O) groups is 2. The van der Waals surface area contributed by atoms with Crippen LogP contribution in [0.25, 0.3) is 5.69 Å². The van der Waals surface area contributed by atoms with Crippen LogP contribution in [0.1, 0.15) is 27.9 Å². The number of nitrogens with zero attached hydrogens (tertiary/aromatic N) is 3. The molecule has 0 saturated carbocycles. The number of primary amides is 1. The number of carbonyl (C=O) groups excluding carboxylic acids is 2. The molecule has 0 aromatic carbocycles. The molecule has 2 rings (SSSR count). The summed E-state index contributed by atoms with van der Waals surface area (Å²) in [5.41, 5.74) is 5.87. The van der Waals surface area contributed by atoms with Crippen LogP contribution < -0.4 is 5.73 Å². The number of nitrogens with two attached hydrogens (primary N) is 1. The zero-order chi connectivity index (χ0) is 12.4. The van der Waals surface area contributed by atoms with Crippen molar-refractivity contribution in [2.24, 2.45) is 5.73 Å². The maximum Gasteiger partial charge on any atom is 0.267 e. The minimum atomic E-state index is -0.667. The van der Waals surface area contributed by atoms with Gasteiger partial charge in [0.05, 0.1) is 5.69 Å². The van der Waals surface area contributed by atoms with E-state index in [-0.39, 0.29) is 17.2 Å². The molecule has 0 aliphatic carbocycles. The minimum Gasteiger partial charge on any atom is -0.364 e. The zero-order valence-corrected chi connectivity index (χ0v) is 9.12. The number of hydrogen-bond acceptors (Lipinski definition) is 4. The molecule has 0 bridgehead atoms. The van der Waals surface area contributed by atoms with Gasteiger partial charge >= 0.3 is 0 Å². The minimum absolute atomic E-state index is 0.0612. The standard InChI is InChI=1S/C11H10N4O2/c1-7(16)10-9(15-6-2-5-13-15)4-3-8(14-10)11(12)17/h2-6H,1H3,(H2,12,17). The summed E-state index contributed by atoms with van der Waals surface area (Å²) in [5.74, 6) is -0.918. The van der Waals surface area contributed by atoms with Gasteiger partial charge in [-0.15, -0.1) is 0 Å². The first kappa shape index (κ1) is 11.0. The third-order valence-electron chi connectivity index (χ3n) is 2.21. The fourth-order valence-electron chi connectivity index (χ4n) is 1.44. The van der Waals surface area contributed by atoms with Crippen LogP contribution in [0, 0.1) is 0 Å². The molecular weight excluding hydrogens is 220 g/mol. The van der Waals surface area contributed by atoms with E-state index in [1.165, 1.54) is 17.7 Å². The van der Waals surface area contributed by atoms with Crippen LogP contribution in [0.2, 0.25) is 0 Å². The molecular formula is C11H10N4O2. The van der Waals surface area contributed by atoms with Crippen molar-refractivity contribution in [3.8, 4) is 5.69 Å². The van der Waals surface area contributed by atoms with Crippen molar-refractivity contribution in [1.82, 2.24) is 14.8 Å². The maximum atomic E-state index is 11.5. The highest BCUT2D eigenvalue weighted by molar-refractivity contribution is 5.98. The van der Waals surface area contributed by atoms with Crippen molar-refractivity contribution in [2.45, 2.75) is 6.92 Å². The SMILES string of the molecule is CC(=O)c1nc(C(N)=O)ccc1-n1cccn1. The number of pyridine rings is 1. The van der Waals surface area contributed by atoms with E-state index < -0.39 is 5.91 Å². The highest BCUT2D eigenvalue weighted by atomic mass is 16.1. The molecule has 0 saturated heterocycles. The summed E-state index contributed by atoms with van der Waals surface area (Å²) in [6, 6.07) is 4.79. The number of aromatic nitrogens is 3. The van der Waals surface area contributed by atoms with Crippen molar-refractivity contribution < 1.29 is 9.59 Å². The Kier molecular flexibility index (Phi) is 2.70. The molecule has 1 amide bonds.